The van der Waals surface area contributed by atoms with Gasteiger partial charge in [0.25, 0.3) is 0 Å². The normalized spacial score (nSPS) is 11.6. The fourth-order valence-electron chi connectivity index (χ4n) is 1.50. The quantitative estimate of drug-likeness (QED) is 0.651. The van der Waals surface area contributed by atoms with Gasteiger partial charge >= 0.3 is 0 Å². The van der Waals surface area contributed by atoms with E-state index in [-0.39, 0.29) is 6.54 Å². The summed E-state index contributed by atoms with van der Waals surface area (Å²) < 4.78 is 5.12. The van der Waals surface area contributed by atoms with Gasteiger partial charge < -0.3 is 15.6 Å². The SMILES string of the molecule is CCCNC(N)=NCc1nc(-c2ccc(Cl)cc2)no1. The smallest absolute Gasteiger partial charge is 0.248 e. The summed E-state index contributed by atoms with van der Waals surface area (Å²) in [6, 6.07) is 7.21. The molecular formula is C13H16ClN5O. The summed E-state index contributed by atoms with van der Waals surface area (Å²) in [5.41, 5.74) is 6.51. The van der Waals surface area contributed by atoms with Gasteiger partial charge in [-0.2, -0.15) is 4.98 Å². The van der Waals surface area contributed by atoms with Gasteiger partial charge in [0.1, 0.15) is 6.54 Å². The standard InChI is InChI=1S/C13H16ClN5O/c1-2-7-16-13(15)17-8-11-18-12(19-20-11)9-3-5-10(14)6-4-9/h3-6H,2,7-8H2,1H3,(H3,15,16,17). The number of hydrogen-bond donors (Lipinski definition) is 2. The Labute approximate surface area is 122 Å². The summed E-state index contributed by atoms with van der Waals surface area (Å²) in [6.07, 6.45) is 0.984. The molecule has 0 unspecified atom stereocenters. The van der Waals surface area contributed by atoms with Crippen LogP contribution >= 0.6 is 11.6 Å². The van der Waals surface area contributed by atoms with Crippen LogP contribution < -0.4 is 11.1 Å². The highest BCUT2D eigenvalue weighted by molar-refractivity contribution is 6.30. The third kappa shape index (κ3) is 3.96. The molecule has 1 heterocycles. The van der Waals surface area contributed by atoms with Crippen molar-refractivity contribution in [3.05, 3.63) is 35.2 Å². The third-order valence-electron chi connectivity index (χ3n) is 2.51. The fourth-order valence-corrected chi connectivity index (χ4v) is 1.62. The first-order valence-electron chi connectivity index (χ1n) is 6.31. The average Bonchev–Trinajstić information content (AvgIpc) is 2.92. The predicted molar refractivity (Wildman–Crippen MR) is 78.4 cm³/mol. The van der Waals surface area contributed by atoms with Gasteiger partial charge in [-0.1, -0.05) is 23.7 Å². The molecular weight excluding hydrogens is 278 g/mol. The summed E-state index contributed by atoms with van der Waals surface area (Å²) in [6.45, 7) is 3.09. The summed E-state index contributed by atoms with van der Waals surface area (Å²) >= 11 is 5.83. The monoisotopic (exact) mass is 293 g/mol. The van der Waals surface area contributed by atoms with Gasteiger partial charge in [0.05, 0.1) is 0 Å². The fraction of sp³-hybridized carbons (Fsp3) is 0.308. The molecule has 0 spiro atoms. The topological polar surface area (TPSA) is 89.3 Å². The Morgan fingerprint density at radius 3 is 2.85 bits per heavy atom. The number of halogens is 1. The lowest BCUT2D eigenvalue weighted by Crippen LogP contribution is -2.32. The van der Waals surface area contributed by atoms with Crippen LogP contribution in [0.1, 0.15) is 19.2 Å². The van der Waals surface area contributed by atoms with Crippen molar-refractivity contribution >= 4 is 17.6 Å². The van der Waals surface area contributed by atoms with Crippen LogP contribution in [0.2, 0.25) is 5.02 Å². The van der Waals surface area contributed by atoms with Crippen LogP contribution in [-0.2, 0) is 6.54 Å². The molecule has 0 amide bonds. The van der Waals surface area contributed by atoms with E-state index in [2.05, 4.69) is 27.4 Å². The zero-order chi connectivity index (χ0) is 14.4. The molecule has 2 aromatic rings. The van der Waals surface area contributed by atoms with Gasteiger partial charge in [0.2, 0.25) is 11.7 Å². The van der Waals surface area contributed by atoms with Crippen LogP contribution in [0.3, 0.4) is 0 Å². The molecule has 0 aliphatic heterocycles. The molecule has 0 saturated heterocycles. The maximum Gasteiger partial charge on any atom is 0.248 e. The van der Waals surface area contributed by atoms with Crippen molar-refractivity contribution in [1.82, 2.24) is 15.5 Å². The van der Waals surface area contributed by atoms with E-state index in [0.717, 1.165) is 18.5 Å². The van der Waals surface area contributed by atoms with Gasteiger partial charge in [-0.3, -0.25) is 0 Å². The number of benzene rings is 1. The Kier molecular flexibility index (Phi) is 4.95. The minimum absolute atomic E-state index is 0.253. The highest BCUT2D eigenvalue weighted by Crippen LogP contribution is 2.18. The summed E-state index contributed by atoms with van der Waals surface area (Å²) in [4.78, 5) is 8.37. The zero-order valence-electron chi connectivity index (χ0n) is 11.1. The molecule has 0 fully saturated rings. The van der Waals surface area contributed by atoms with Crippen LogP contribution in [0.25, 0.3) is 11.4 Å². The molecule has 0 radical (unpaired) electrons. The molecule has 3 N–H and O–H groups in total. The summed E-state index contributed by atoms with van der Waals surface area (Å²) in [5, 5.41) is 7.53. The molecule has 20 heavy (non-hydrogen) atoms. The number of nitrogens with two attached hydrogens (primary N) is 1. The van der Waals surface area contributed by atoms with Gasteiger partial charge in [-0.05, 0) is 30.7 Å². The Morgan fingerprint density at radius 1 is 1.40 bits per heavy atom. The van der Waals surface area contributed by atoms with E-state index in [1.54, 1.807) is 12.1 Å². The van der Waals surface area contributed by atoms with E-state index in [4.69, 9.17) is 21.9 Å². The zero-order valence-corrected chi connectivity index (χ0v) is 11.9. The second-order valence-corrected chi connectivity index (χ2v) is 4.58. The average molecular weight is 294 g/mol. The molecule has 0 saturated carbocycles. The number of guanidine groups is 1. The second-order valence-electron chi connectivity index (χ2n) is 4.15. The first-order chi connectivity index (χ1) is 9.69. The number of nitrogens with zero attached hydrogens (tertiary/aromatic N) is 3. The van der Waals surface area contributed by atoms with Crippen LogP contribution in [0.5, 0.6) is 0 Å². The molecule has 0 aliphatic carbocycles. The Morgan fingerprint density at radius 2 is 2.15 bits per heavy atom. The van der Waals surface area contributed by atoms with Crippen molar-refractivity contribution < 1.29 is 4.52 Å². The van der Waals surface area contributed by atoms with Crippen molar-refractivity contribution in [2.24, 2.45) is 10.7 Å². The molecule has 106 valence electrons. The molecule has 1 aromatic heterocycles. The Bertz CT molecular complexity index is 579. The number of hydrogen-bond acceptors (Lipinski definition) is 4. The van der Waals surface area contributed by atoms with Crippen molar-refractivity contribution in [3.63, 3.8) is 0 Å². The lowest BCUT2D eigenvalue weighted by molar-refractivity contribution is 0.381. The molecule has 6 nitrogen and oxygen atoms in total. The van der Waals surface area contributed by atoms with Crippen LogP contribution in [0.15, 0.2) is 33.8 Å². The van der Waals surface area contributed by atoms with Gasteiger partial charge in [0.15, 0.2) is 5.96 Å². The second kappa shape index (κ2) is 6.91. The van der Waals surface area contributed by atoms with Gasteiger partial charge in [-0.15, -0.1) is 0 Å². The van der Waals surface area contributed by atoms with Crippen molar-refractivity contribution in [1.29, 1.82) is 0 Å². The van der Waals surface area contributed by atoms with E-state index in [9.17, 15) is 0 Å². The predicted octanol–water partition coefficient (Wildman–Crippen LogP) is 2.20. The first-order valence-corrected chi connectivity index (χ1v) is 6.69. The van der Waals surface area contributed by atoms with Gasteiger partial charge in [0, 0.05) is 17.1 Å². The largest absolute Gasteiger partial charge is 0.370 e. The summed E-state index contributed by atoms with van der Waals surface area (Å²) in [5.74, 6) is 1.29. The highest BCUT2D eigenvalue weighted by Gasteiger charge is 2.08. The third-order valence-corrected chi connectivity index (χ3v) is 2.76. The van der Waals surface area contributed by atoms with Crippen LogP contribution in [-0.4, -0.2) is 22.6 Å². The highest BCUT2D eigenvalue weighted by atomic mass is 35.5. The van der Waals surface area contributed by atoms with E-state index < -0.39 is 0 Å². The minimum atomic E-state index is 0.253. The Balaban J connectivity index is 2.00. The molecule has 7 heteroatoms. The molecule has 0 atom stereocenters. The Hall–Kier alpha value is -2.08. The van der Waals surface area contributed by atoms with E-state index in [1.807, 2.05) is 12.1 Å². The van der Waals surface area contributed by atoms with Crippen LogP contribution in [0.4, 0.5) is 0 Å². The maximum absolute atomic E-state index is 5.83. The van der Waals surface area contributed by atoms with Crippen molar-refractivity contribution in [2.75, 3.05) is 6.54 Å². The number of rotatable bonds is 5. The minimum Gasteiger partial charge on any atom is -0.370 e. The molecule has 2 rings (SSSR count). The van der Waals surface area contributed by atoms with E-state index in [0.29, 0.717) is 22.7 Å². The number of nitrogens with one attached hydrogen (secondary N) is 1. The molecule has 0 bridgehead atoms. The first kappa shape index (κ1) is 14.3. The lowest BCUT2D eigenvalue weighted by Gasteiger charge is -2.01. The van der Waals surface area contributed by atoms with E-state index in [1.165, 1.54) is 0 Å². The van der Waals surface area contributed by atoms with E-state index >= 15 is 0 Å². The summed E-state index contributed by atoms with van der Waals surface area (Å²) in [7, 11) is 0. The van der Waals surface area contributed by atoms with Gasteiger partial charge in [-0.25, -0.2) is 4.99 Å². The number of aromatic nitrogens is 2. The van der Waals surface area contributed by atoms with Crippen molar-refractivity contribution in [2.45, 2.75) is 19.9 Å². The molecule has 1 aromatic carbocycles. The number of aliphatic imine (C=N–C) groups is 1. The lowest BCUT2D eigenvalue weighted by atomic mass is 10.2. The van der Waals surface area contributed by atoms with Crippen molar-refractivity contribution in [3.8, 4) is 11.4 Å². The molecule has 0 aliphatic rings. The van der Waals surface area contributed by atoms with Crippen LogP contribution in [0, 0.1) is 0 Å². The maximum atomic E-state index is 5.83.